The van der Waals surface area contributed by atoms with E-state index in [1.807, 2.05) is 23.1 Å². The standard InChI is InChI=1S/C12H20N2S2/c1-12(2,3)6-11-14-10(8-16-11)9-7-15-5-4-13-9/h8-9,13H,4-7H2,1-3H3. The molecule has 1 aliphatic heterocycles. The lowest BCUT2D eigenvalue weighted by atomic mass is 9.93. The predicted molar refractivity (Wildman–Crippen MR) is 73.3 cm³/mol. The first-order chi connectivity index (χ1) is 7.54. The van der Waals surface area contributed by atoms with Crippen LogP contribution in [0.3, 0.4) is 0 Å². The minimum absolute atomic E-state index is 0.337. The molecule has 0 amide bonds. The summed E-state index contributed by atoms with van der Waals surface area (Å²) in [6.45, 7) is 7.91. The number of nitrogens with zero attached hydrogens (tertiary/aromatic N) is 1. The van der Waals surface area contributed by atoms with Crippen molar-refractivity contribution in [1.82, 2.24) is 10.3 Å². The molecule has 0 bridgehead atoms. The van der Waals surface area contributed by atoms with Gasteiger partial charge in [0.05, 0.1) is 16.7 Å². The third kappa shape index (κ3) is 3.47. The Morgan fingerprint density at radius 1 is 1.50 bits per heavy atom. The normalized spacial score (nSPS) is 22.3. The van der Waals surface area contributed by atoms with Crippen molar-refractivity contribution in [2.75, 3.05) is 18.1 Å². The molecular formula is C12H20N2S2. The van der Waals surface area contributed by atoms with Crippen molar-refractivity contribution in [3.63, 3.8) is 0 Å². The van der Waals surface area contributed by atoms with Crippen LogP contribution in [0.1, 0.15) is 37.5 Å². The third-order valence-electron chi connectivity index (χ3n) is 2.53. The highest BCUT2D eigenvalue weighted by Gasteiger charge is 2.19. The number of hydrogen-bond acceptors (Lipinski definition) is 4. The van der Waals surface area contributed by atoms with E-state index in [0.29, 0.717) is 11.5 Å². The molecule has 2 heterocycles. The van der Waals surface area contributed by atoms with Crippen LogP contribution in [0, 0.1) is 5.41 Å². The van der Waals surface area contributed by atoms with Crippen molar-refractivity contribution in [2.24, 2.45) is 5.41 Å². The average molecular weight is 256 g/mol. The number of thiazole rings is 1. The van der Waals surface area contributed by atoms with E-state index in [9.17, 15) is 0 Å². The summed E-state index contributed by atoms with van der Waals surface area (Å²) in [5.41, 5.74) is 1.58. The van der Waals surface area contributed by atoms with E-state index in [-0.39, 0.29) is 0 Å². The van der Waals surface area contributed by atoms with Gasteiger partial charge in [0.15, 0.2) is 0 Å². The molecule has 1 aromatic rings. The zero-order valence-corrected chi connectivity index (χ0v) is 11.9. The molecule has 4 heteroatoms. The zero-order chi connectivity index (χ0) is 11.6. The molecule has 0 radical (unpaired) electrons. The van der Waals surface area contributed by atoms with Crippen LogP contribution in [-0.2, 0) is 6.42 Å². The first-order valence-electron chi connectivity index (χ1n) is 5.80. The van der Waals surface area contributed by atoms with Crippen molar-refractivity contribution in [1.29, 1.82) is 0 Å². The topological polar surface area (TPSA) is 24.9 Å². The second-order valence-corrected chi connectivity index (χ2v) is 7.58. The van der Waals surface area contributed by atoms with Gasteiger partial charge in [0.1, 0.15) is 0 Å². The van der Waals surface area contributed by atoms with Crippen LogP contribution in [0.25, 0.3) is 0 Å². The summed E-state index contributed by atoms with van der Waals surface area (Å²) in [6, 6.07) is 0.476. The Bertz CT molecular complexity index is 335. The second kappa shape index (κ2) is 5.07. The molecule has 2 nitrogen and oxygen atoms in total. The van der Waals surface area contributed by atoms with E-state index in [1.165, 1.54) is 22.2 Å². The predicted octanol–water partition coefficient (Wildman–Crippen LogP) is 3.11. The molecule has 1 atom stereocenters. The smallest absolute Gasteiger partial charge is 0.0934 e. The summed E-state index contributed by atoms with van der Waals surface area (Å²) < 4.78 is 0. The van der Waals surface area contributed by atoms with E-state index >= 15 is 0 Å². The van der Waals surface area contributed by atoms with Crippen LogP contribution in [0.2, 0.25) is 0 Å². The van der Waals surface area contributed by atoms with E-state index in [2.05, 4.69) is 31.5 Å². The second-order valence-electron chi connectivity index (χ2n) is 5.49. The lowest BCUT2D eigenvalue weighted by Crippen LogP contribution is -2.30. The first kappa shape index (κ1) is 12.4. The minimum atomic E-state index is 0.337. The quantitative estimate of drug-likeness (QED) is 0.880. The fourth-order valence-electron chi connectivity index (χ4n) is 1.78. The molecular weight excluding hydrogens is 236 g/mol. The molecule has 0 spiro atoms. The molecule has 16 heavy (non-hydrogen) atoms. The molecule has 1 fully saturated rings. The van der Waals surface area contributed by atoms with Gasteiger partial charge in [-0.05, 0) is 5.41 Å². The van der Waals surface area contributed by atoms with Crippen molar-refractivity contribution in [3.05, 3.63) is 16.1 Å². The Morgan fingerprint density at radius 3 is 2.94 bits per heavy atom. The fourth-order valence-corrected chi connectivity index (χ4v) is 3.88. The highest BCUT2D eigenvalue weighted by Crippen LogP contribution is 2.27. The van der Waals surface area contributed by atoms with Crippen molar-refractivity contribution in [2.45, 2.75) is 33.2 Å². The monoisotopic (exact) mass is 256 g/mol. The fraction of sp³-hybridized carbons (Fsp3) is 0.750. The Labute approximate surface area is 106 Å². The Hall–Kier alpha value is -0.0600. The Kier molecular flexibility index (Phi) is 3.93. The summed E-state index contributed by atoms with van der Waals surface area (Å²) in [7, 11) is 0. The summed E-state index contributed by atoms with van der Waals surface area (Å²) >= 11 is 3.83. The van der Waals surface area contributed by atoms with Crippen LogP contribution in [-0.4, -0.2) is 23.0 Å². The van der Waals surface area contributed by atoms with Crippen molar-refractivity contribution in [3.8, 4) is 0 Å². The molecule has 90 valence electrons. The van der Waals surface area contributed by atoms with Crippen molar-refractivity contribution < 1.29 is 0 Å². The number of rotatable bonds is 2. The van der Waals surface area contributed by atoms with Gasteiger partial charge >= 0.3 is 0 Å². The van der Waals surface area contributed by atoms with Crippen LogP contribution in [0.4, 0.5) is 0 Å². The summed E-state index contributed by atoms with van der Waals surface area (Å²) in [4.78, 5) is 4.76. The maximum Gasteiger partial charge on any atom is 0.0934 e. The van der Waals surface area contributed by atoms with Gasteiger partial charge in [-0.3, -0.25) is 0 Å². The van der Waals surface area contributed by atoms with Gasteiger partial charge in [0, 0.05) is 29.9 Å². The number of hydrogen-bond donors (Lipinski definition) is 1. The van der Waals surface area contributed by atoms with E-state index in [4.69, 9.17) is 4.98 Å². The maximum absolute atomic E-state index is 4.76. The third-order valence-corrected chi connectivity index (χ3v) is 4.46. The number of nitrogens with one attached hydrogen (secondary N) is 1. The van der Waals surface area contributed by atoms with Gasteiger partial charge in [0.25, 0.3) is 0 Å². The van der Waals surface area contributed by atoms with E-state index in [0.717, 1.165) is 13.0 Å². The largest absolute Gasteiger partial charge is 0.307 e. The van der Waals surface area contributed by atoms with Crippen LogP contribution in [0.15, 0.2) is 5.38 Å². The highest BCUT2D eigenvalue weighted by atomic mass is 32.2. The molecule has 2 rings (SSSR count). The molecule has 1 saturated heterocycles. The lowest BCUT2D eigenvalue weighted by molar-refractivity contribution is 0.409. The van der Waals surface area contributed by atoms with Gasteiger partial charge in [-0.1, -0.05) is 20.8 Å². The molecule has 1 unspecified atom stereocenters. The van der Waals surface area contributed by atoms with E-state index in [1.54, 1.807) is 0 Å². The van der Waals surface area contributed by atoms with E-state index < -0.39 is 0 Å². The molecule has 0 saturated carbocycles. The Morgan fingerprint density at radius 2 is 2.31 bits per heavy atom. The number of thioether (sulfide) groups is 1. The Balaban J connectivity index is 2.01. The lowest BCUT2D eigenvalue weighted by Gasteiger charge is -2.21. The summed E-state index contributed by atoms with van der Waals surface area (Å²) in [5, 5.41) is 7.04. The van der Waals surface area contributed by atoms with Gasteiger partial charge in [-0.25, -0.2) is 4.98 Å². The molecule has 1 N–H and O–H groups in total. The average Bonchev–Trinajstić information content (AvgIpc) is 2.65. The van der Waals surface area contributed by atoms with Gasteiger partial charge in [0.2, 0.25) is 0 Å². The molecule has 1 aliphatic rings. The van der Waals surface area contributed by atoms with Gasteiger partial charge in [-0.15, -0.1) is 11.3 Å². The van der Waals surface area contributed by atoms with Crippen LogP contribution in [0.5, 0.6) is 0 Å². The molecule has 1 aromatic heterocycles. The number of aromatic nitrogens is 1. The van der Waals surface area contributed by atoms with Crippen LogP contribution < -0.4 is 5.32 Å². The zero-order valence-electron chi connectivity index (χ0n) is 10.2. The highest BCUT2D eigenvalue weighted by molar-refractivity contribution is 7.99. The first-order valence-corrected chi connectivity index (χ1v) is 7.83. The SMILES string of the molecule is CC(C)(C)Cc1nc(C2CSCCN2)cs1. The molecule has 0 aromatic carbocycles. The van der Waals surface area contributed by atoms with Gasteiger partial charge in [-0.2, -0.15) is 11.8 Å². The van der Waals surface area contributed by atoms with Crippen LogP contribution >= 0.6 is 23.1 Å². The molecule has 0 aliphatic carbocycles. The van der Waals surface area contributed by atoms with Gasteiger partial charge < -0.3 is 5.32 Å². The summed E-state index contributed by atoms with van der Waals surface area (Å²) in [5.74, 6) is 2.40. The summed E-state index contributed by atoms with van der Waals surface area (Å²) in [6.07, 6.45) is 1.08. The maximum atomic E-state index is 4.76. The van der Waals surface area contributed by atoms with Crippen molar-refractivity contribution >= 4 is 23.1 Å². The minimum Gasteiger partial charge on any atom is -0.307 e.